The quantitative estimate of drug-likeness (QED) is 0.636. The van der Waals surface area contributed by atoms with Crippen molar-refractivity contribution in [3.63, 3.8) is 0 Å². The summed E-state index contributed by atoms with van der Waals surface area (Å²) in [6.07, 6.45) is 2.47. The van der Waals surface area contributed by atoms with Gasteiger partial charge in [-0.1, -0.05) is 12.1 Å². The Morgan fingerprint density at radius 2 is 1.72 bits per heavy atom. The number of aromatic nitrogens is 1. The minimum atomic E-state index is -0.809. The lowest BCUT2D eigenvalue weighted by molar-refractivity contribution is 0.102. The molecule has 8 heteroatoms. The molecular formula is C24H23F3N4O. The van der Waals surface area contributed by atoms with Crippen LogP contribution in [0.5, 0.6) is 0 Å². The fraction of sp³-hybridized carbons (Fsp3) is 0.250. The van der Waals surface area contributed by atoms with Crippen molar-refractivity contribution in [3.8, 4) is 0 Å². The van der Waals surface area contributed by atoms with Crippen molar-refractivity contribution in [1.29, 1.82) is 0 Å². The number of amides is 1. The Balaban J connectivity index is 1.35. The van der Waals surface area contributed by atoms with Crippen molar-refractivity contribution >= 4 is 17.4 Å². The SMILES string of the molecule is O=C(Nc1ccc(N2CCCN(Cc3cccc(F)c3)CC2)nc1)c1cc(F)cc(F)c1. The molecule has 1 aliphatic rings. The molecule has 32 heavy (non-hydrogen) atoms. The number of hydrogen-bond acceptors (Lipinski definition) is 4. The molecule has 1 aliphatic heterocycles. The Morgan fingerprint density at radius 1 is 0.906 bits per heavy atom. The number of pyridine rings is 1. The van der Waals surface area contributed by atoms with Crippen LogP contribution >= 0.6 is 0 Å². The van der Waals surface area contributed by atoms with E-state index in [1.54, 1.807) is 18.2 Å². The molecule has 0 spiro atoms. The monoisotopic (exact) mass is 440 g/mol. The summed E-state index contributed by atoms with van der Waals surface area (Å²) in [6.45, 7) is 4.04. The largest absolute Gasteiger partial charge is 0.355 e. The third-order valence-electron chi connectivity index (χ3n) is 5.34. The molecule has 0 atom stereocenters. The van der Waals surface area contributed by atoms with E-state index >= 15 is 0 Å². The third kappa shape index (κ3) is 5.64. The van der Waals surface area contributed by atoms with E-state index in [0.29, 0.717) is 18.3 Å². The first-order valence-electron chi connectivity index (χ1n) is 10.4. The summed E-state index contributed by atoms with van der Waals surface area (Å²) in [5.74, 6) is -1.67. The zero-order chi connectivity index (χ0) is 22.5. The Bertz CT molecular complexity index is 1070. The fourth-order valence-electron chi connectivity index (χ4n) is 3.79. The van der Waals surface area contributed by atoms with E-state index in [1.165, 1.54) is 12.3 Å². The van der Waals surface area contributed by atoms with Crippen LogP contribution in [0.15, 0.2) is 60.8 Å². The molecule has 1 amide bonds. The topological polar surface area (TPSA) is 48.5 Å². The number of carbonyl (C=O) groups excluding carboxylic acids is 1. The summed E-state index contributed by atoms with van der Waals surface area (Å²) < 4.78 is 40.1. The molecular weight excluding hydrogens is 417 g/mol. The zero-order valence-corrected chi connectivity index (χ0v) is 17.4. The number of halogens is 3. The minimum Gasteiger partial charge on any atom is -0.355 e. The molecule has 2 heterocycles. The van der Waals surface area contributed by atoms with Crippen molar-refractivity contribution in [3.05, 3.63) is 89.4 Å². The number of hydrogen-bond donors (Lipinski definition) is 1. The highest BCUT2D eigenvalue weighted by atomic mass is 19.1. The number of benzene rings is 2. The van der Waals surface area contributed by atoms with Gasteiger partial charge in [0, 0.05) is 44.4 Å². The first kappa shape index (κ1) is 21.8. The smallest absolute Gasteiger partial charge is 0.255 e. The minimum absolute atomic E-state index is 0.0996. The van der Waals surface area contributed by atoms with Crippen LogP contribution < -0.4 is 10.2 Å². The van der Waals surface area contributed by atoms with E-state index in [2.05, 4.69) is 20.1 Å². The highest BCUT2D eigenvalue weighted by Crippen LogP contribution is 2.18. The fourth-order valence-corrected chi connectivity index (χ4v) is 3.79. The van der Waals surface area contributed by atoms with Crippen LogP contribution in [0.25, 0.3) is 0 Å². The van der Waals surface area contributed by atoms with Gasteiger partial charge in [0.25, 0.3) is 5.91 Å². The predicted molar refractivity (Wildman–Crippen MR) is 117 cm³/mol. The zero-order valence-electron chi connectivity index (χ0n) is 17.4. The summed E-state index contributed by atoms with van der Waals surface area (Å²) in [4.78, 5) is 21.1. The van der Waals surface area contributed by atoms with Crippen molar-refractivity contribution in [1.82, 2.24) is 9.88 Å². The van der Waals surface area contributed by atoms with E-state index in [-0.39, 0.29) is 11.4 Å². The van der Waals surface area contributed by atoms with Gasteiger partial charge in [0.1, 0.15) is 23.3 Å². The number of rotatable bonds is 5. The van der Waals surface area contributed by atoms with Crippen LogP contribution in [0.2, 0.25) is 0 Å². The van der Waals surface area contributed by atoms with Gasteiger partial charge in [-0.3, -0.25) is 9.69 Å². The lowest BCUT2D eigenvalue weighted by Gasteiger charge is -2.23. The lowest BCUT2D eigenvalue weighted by Crippen LogP contribution is -2.31. The standard InChI is InChI=1S/C24H23F3N4O/c25-19-4-1-3-17(11-19)16-30-7-2-8-31(10-9-30)23-6-5-22(15-28-23)29-24(32)18-12-20(26)14-21(27)13-18/h1,3-6,11-15H,2,7-10,16H2,(H,29,32). The maximum Gasteiger partial charge on any atom is 0.255 e. The van der Waals surface area contributed by atoms with Crippen LogP contribution in [-0.2, 0) is 6.54 Å². The summed E-state index contributed by atoms with van der Waals surface area (Å²) in [5, 5.41) is 2.60. The van der Waals surface area contributed by atoms with Gasteiger partial charge < -0.3 is 10.2 Å². The Labute approximate surface area is 184 Å². The lowest BCUT2D eigenvalue weighted by atomic mass is 10.2. The van der Waals surface area contributed by atoms with E-state index in [4.69, 9.17) is 0 Å². The normalized spacial score (nSPS) is 14.8. The summed E-state index contributed by atoms with van der Waals surface area (Å²) in [5.41, 5.74) is 1.29. The Morgan fingerprint density at radius 3 is 2.44 bits per heavy atom. The predicted octanol–water partition coefficient (Wildman–Crippen LogP) is 4.46. The first-order valence-corrected chi connectivity index (χ1v) is 10.4. The van der Waals surface area contributed by atoms with Gasteiger partial charge in [0.15, 0.2) is 0 Å². The van der Waals surface area contributed by atoms with Crippen molar-refractivity contribution < 1.29 is 18.0 Å². The molecule has 2 aromatic carbocycles. The van der Waals surface area contributed by atoms with Crippen molar-refractivity contribution in [2.24, 2.45) is 0 Å². The second-order valence-electron chi connectivity index (χ2n) is 7.76. The average Bonchev–Trinajstić information content (AvgIpc) is 2.99. The molecule has 1 N–H and O–H groups in total. The van der Waals surface area contributed by atoms with E-state index in [0.717, 1.165) is 56.1 Å². The van der Waals surface area contributed by atoms with Crippen LogP contribution in [-0.4, -0.2) is 42.0 Å². The average molecular weight is 440 g/mol. The van der Waals surface area contributed by atoms with Crippen LogP contribution in [0.4, 0.5) is 24.7 Å². The van der Waals surface area contributed by atoms with Crippen LogP contribution in [0, 0.1) is 17.5 Å². The number of anilines is 2. The third-order valence-corrected chi connectivity index (χ3v) is 5.34. The Kier molecular flexibility index (Phi) is 6.70. The molecule has 3 aromatic rings. The number of nitrogens with one attached hydrogen (secondary N) is 1. The molecule has 0 bridgehead atoms. The highest BCUT2D eigenvalue weighted by Gasteiger charge is 2.17. The number of carbonyl (C=O) groups is 1. The molecule has 0 radical (unpaired) electrons. The maximum absolute atomic E-state index is 13.4. The Hall–Kier alpha value is -3.39. The van der Waals surface area contributed by atoms with Crippen molar-refractivity contribution in [2.45, 2.75) is 13.0 Å². The first-order chi connectivity index (χ1) is 15.5. The van der Waals surface area contributed by atoms with Gasteiger partial charge in [0.2, 0.25) is 0 Å². The van der Waals surface area contributed by atoms with Gasteiger partial charge in [0.05, 0.1) is 11.9 Å². The molecule has 1 fully saturated rings. The molecule has 0 saturated carbocycles. The van der Waals surface area contributed by atoms with Crippen LogP contribution in [0.1, 0.15) is 22.3 Å². The molecule has 0 aliphatic carbocycles. The van der Waals surface area contributed by atoms with E-state index in [9.17, 15) is 18.0 Å². The molecule has 4 rings (SSSR count). The van der Waals surface area contributed by atoms with E-state index < -0.39 is 17.5 Å². The molecule has 1 saturated heterocycles. The molecule has 5 nitrogen and oxygen atoms in total. The van der Waals surface area contributed by atoms with Crippen molar-refractivity contribution in [2.75, 3.05) is 36.4 Å². The van der Waals surface area contributed by atoms with Gasteiger partial charge in [-0.2, -0.15) is 0 Å². The second kappa shape index (κ2) is 9.82. The highest BCUT2D eigenvalue weighted by molar-refractivity contribution is 6.04. The van der Waals surface area contributed by atoms with Gasteiger partial charge in [-0.15, -0.1) is 0 Å². The molecule has 0 unspecified atom stereocenters. The second-order valence-corrected chi connectivity index (χ2v) is 7.76. The maximum atomic E-state index is 13.4. The van der Waals surface area contributed by atoms with Gasteiger partial charge in [-0.05, 0) is 48.4 Å². The van der Waals surface area contributed by atoms with E-state index in [1.807, 2.05) is 12.1 Å². The summed E-state index contributed by atoms with van der Waals surface area (Å²) in [7, 11) is 0. The van der Waals surface area contributed by atoms with Gasteiger partial charge in [-0.25, -0.2) is 18.2 Å². The van der Waals surface area contributed by atoms with Gasteiger partial charge >= 0.3 is 0 Å². The van der Waals surface area contributed by atoms with Crippen LogP contribution in [0.3, 0.4) is 0 Å². The molecule has 1 aromatic heterocycles. The molecule has 166 valence electrons. The number of nitrogens with zero attached hydrogens (tertiary/aromatic N) is 3. The summed E-state index contributed by atoms with van der Waals surface area (Å²) >= 11 is 0. The summed E-state index contributed by atoms with van der Waals surface area (Å²) in [6, 6.07) is 12.9.